The van der Waals surface area contributed by atoms with E-state index in [1.807, 2.05) is 0 Å². The maximum Gasteiger partial charge on any atom is 0.128 e. The summed E-state index contributed by atoms with van der Waals surface area (Å²) in [4.78, 5) is 0. The fourth-order valence-electron chi connectivity index (χ4n) is 2.03. The lowest BCUT2D eigenvalue weighted by Crippen LogP contribution is -2.36. The summed E-state index contributed by atoms with van der Waals surface area (Å²) in [5.74, 6) is -0.205. The van der Waals surface area contributed by atoms with Crippen LogP contribution < -0.4 is 5.73 Å². The van der Waals surface area contributed by atoms with Gasteiger partial charge in [-0.05, 0) is 37.0 Å². The molecular weight excluding hydrogens is 264 g/mol. The molecular formula is C12H16Cl2FNO. The van der Waals surface area contributed by atoms with Crippen molar-refractivity contribution in [2.24, 2.45) is 11.7 Å². The summed E-state index contributed by atoms with van der Waals surface area (Å²) in [6.45, 7) is 0. The molecule has 0 aromatic heterocycles. The topological polar surface area (TPSA) is 46.2 Å². The summed E-state index contributed by atoms with van der Waals surface area (Å²) in [6, 6.07) is 3.56. The zero-order valence-corrected chi connectivity index (χ0v) is 10.8. The van der Waals surface area contributed by atoms with Crippen LogP contribution in [-0.2, 0) is 0 Å². The van der Waals surface area contributed by atoms with Gasteiger partial charge in [0, 0.05) is 10.6 Å². The molecule has 0 bridgehead atoms. The molecule has 0 aliphatic heterocycles. The Balaban J connectivity index is 0.00000144. The zero-order chi connectivity index (χ0) is 11.7. The van der Waals surface area contributed by atoms with Gasteiger partial charge < -0.3 is 10.8 Å². The molecule has 17 heavy (non-hydrogen) atoms. The van der Waals surface area contributed by atoms with E-state index < -0.39 is 18.0 Å². The second-order valence-electron chi connectivity index (χ2n) is 4.37. The van der Waals surface area contributed by atoms with E-state index in [0.717, 1.165) is 19.3 Å². The monoisotopic (exact) mass is 279 g/mol. The molecule has 2 rings (SSSR count). The maximum absolute atomic E-state index is 13.5. The Hall–Kier alpha value is -0.350. The van der Waals surface area contributed by atoms with Crippen LogP contribution in [0, 0.1) is 11.7 Å². The molecule has 1 aromatic rings. The fourth-order valence-corrected chi connectivity index (χ4v) is 2.21. The van der Waals surface area contributed by atoms with E-state index in [0.29, 0.717) is 10.6 Å². The van der Waals surface area contributed by atoms with Crippen molar-refractivity contribution in [1.29, 1.82) is 0 Å². The van der Waals surface area contributed by atoms with Gasteiger partial charge in [-0.15, -0.1) is 12.4 Å². The molecule has 96 valence electrons. The van der Waals surface area contributed by atoms with E-state index in [-0.39, 0.29) is 18.3 Å². The lowest BCUT2D eigenvalue weighted by molar-refractivity contribution is 0.0405. The van der Waals surface area contributed by atoms with E-state index in [4.69, 9.17) is 17.3 Å². The van der Waals surface area contributed by atoms with Crippen LogP contribution in [0.5, 0.6) is 0 Å². The van der Waals surface area contributed by atoms with Crippen molar-refractivity contribution < 1.29 is 9.50 Å². The molecule has 0 heterocycles. The summed E-state index contributed by atoms with van der Waals surface area (Å²) in [5.41, 5.74) is 6.17. The van der Waals surface area contributed by atoms with Crippen LogP contribution in [0.15, 0.2) is 18.2 Å². The number of aliphatic hydroxyl groups excluding tert-OH is 1. The third-order valence-corrected chi connectivity index (χ3v) is 3.55. The molecule has 1 fully saturated rings. The Morgan fingerprint density at radius 2 is 2.06 bits per heavy atom. The highest BCUT2D eigenvalue weighted by Gasteiger charge is 2.31. The molecule has 5 heteroatoms. The Bertz CT molecular complexity index is 385. The lowest BCUT2D eigenvalue weighted by atomic mass is 9.77. The first-order valence-corrected chi connectivity index (χ1v) is 5.86. The molecule has 0 unspecified atom stereocenters. The van der Waals surface area contributed by atoms with Gasteiger partial charge >= 0.3 is 0 Å². The maximum atomic E-state index is 13.5. The summed E-state index contributed by atoms with van der Waals surface area (Å²) >= 11 is 5.79. The summed E-state index contributed by atoms with van der Waals surface area (Å²) < 4.78 is 13.5. The van der Waals surface area contributed by atoms with Gasteiger partial charge in [0.15, 0.2) is 0 Å². The fraction of sp³-hybridized carbons (Fsp3) is 0.500. The molecule has 1 aliphatic rings. The third-order valence-electron chi connectivity index (χ3n) is 3.32. The van der Waals surface area contributed by atoms with E-state index in [1.54, 1.807) is 0 Å². The number of nitrogens with two attached hydrogens (primary N) is 1. The Labute approximate surface area is 111 Å². The van der Waals surface area contributed by atoms with Gasteiger partial charge in [0.1, 0.15) is 5.82 Å². The summed E-state index contributed by atoms with van der Waals surface area (Å²) in [7, 11) is 0. The quantitative estimate of drug-likeness (QED) is 0.893. The van der Waals surface area contributed by atoms with Gasteiger partial charge in [0.2, 0.25) is 0 Å². The van der Waals surface area contributed by atoms with Crippen LogP contribution in [0.4, 0.5) is 4.39 Å². The minimum Gasteiger partial charge on any atom is -0.391 e. The highest BCUT2D eigenvalue weighted by Crippen LogP contribution is 2.35. The van der Waals surface area contributed by atoms with E-state index in [9.17, 15) is 9.50 Å². The van der Waals surface area contributed by atoms with Crippen LogP contribution in [-0.4, -0.2) is 11.2 Å². The molecule has 0 saturated heterocycles. The Morgan fingerprint density at radius 3 is 2.59 bits per heavy atom. The van der Waals surface area contributed by atoms with E-state index >= 15 is 0 Å². The first kappa shape index (κ1) is 14.7. The predicted octanol–water partition coefficient (Wildman–Crippen LogP) is 3.06. The van der Waals surface area contributed by atoms with Gasteiger partial charge in [-0.1, -0.05) is 18.0 Å². The molecule has 1 aliphatic carbocycles. The number of hydrogen-bond acceptors (Lipinski definition) is 2. The van der Waals surface area contributed by atoms with Crippen molar-refractivity contribution in [3.63, 3.8) is 0 Å². The van der Waals surface area contributed by atoms with Gasteiger partial charge in [-0.25, -0.2) is 4.39 Å². The standard InChI is InChI=1S/C12H15ClFNO.ClH/c13-8-4-5-10(14)9(6-8)11(15)12(16)7-2-1-3-7;/h4-7,11-12,16H,1-3,15H2;1H/t11-,12+;/m0./s1. The summed E-state index contributed by atoms with van der Waals surface area (Å²) in [5, 5.41) is 10.4. The van der Waals surface area contributed by atoms with Crippen molar-refractivity contribution in [3.8, 4) is 0 Å². The molecule has 1 aromatic carbocycles. The average molecular weight is 280 g/mol. The van der Waals surface area contributed by atoms with Crippen molar-refractivity contribution >= 4 is 24.0 Å². The van der Waals surface area contributed by atoms with Crippen LogP contribution in [0.1, 0.15) is 30.9 Å². The first-order chi connectivity index (χ1) is 7.59. The van der Waals surface area contributed by atoms with Crippen LogP contribution >= 0.6 is 24.0 Å². The van der Waals surface area contributed by atoms with Gasteiger partial charge in [-0.2, -0.15) is 0 Å². The first-order valence-electron chi connectivity index (χ1n) is 5.48. The van der Waals surface area contributed by atoms with E-state index in [1.165, 1.54) is 18.2 Å². The smallest absolute Gasteiger partial charge is 0.128 e. The molecule has 1 saturated carbocycles. The Kier molecular flexibility index (Phi) is 5.20. The molecule has 0 spiro atoms. The Morgan fingerprint density at radius 1 is 1.41 bits per heavy atom. The second kappa shape index (κ2) is 6.01. The van der Waals surface area contributed by atoms with Crippen LogP contribution in [0.3, 0.4) is 0 Å². The SMILES string of the molecule is Cl.N[C@@H](c1cc(Cl)ccc1F)[C@H](O)C1CCC1. The molecule has 0 radical (unpaired) electrons. The number of benzene rings is 1. The molecule has 2 atom stereocenters. The molecule has 2 nitrogen and oxygen atoms in total. The predicted molar refractivity (Wildman–Crippen MR) is 68.9 cm³/mol. The normalized spacial score (nSPS) is 19.1. The molecule has 3 N–H and O–H groups in total. The van der Waals surface area contributed by atoms with Gasteiger partial charge in [0.05, 0.1) is 12.1 Å². The highest BCUT2D eigenvalue weighted by atomic mass is 35.5. The second-order valence-corrected chi connectivity index (χ2v) is 4.81. The number of aliphatic hydroxyl groups is 1. The highest BCUT2D eigenvalue weighted by molar-refractivity contribution is 6.30. The van der Waals surface area contributed by atoms with Crippen LogP contribution in [0.25, 0.3) is 0 Å². The van der Waals surface area contributed by atoms with Crippen molar-refractivity contribution in [3.05, 3.63) is 34.6 Å². The average Bonchev–Trinajstić information content (AvgIpc) is 2.18. The van der Waals surface area contributed by atoms with Crippen LogP contribution in [0.2, 0.25) is 5.02 Å². The largest absolute Gasteiger partial charge is 0.391 e. The lowest BCUT2D eigenvalue weighted by Gasteiger charge is -2.33. The van der Waals surface area contributed by atoms with Crippen molar-refractivity contribution in [2.75, 3.05) is 0 Å². The zero-order valence-electron chi connectivity index (χ0n) is 9.27. The van der Waals surface area contributed by atoms with Crippen molar-refractivity contribution in [1.82, 2.24) is 0 Å². The minimum absolute atomic E-state index is 0. The number of rotatable bonds is 3. The third kappa shape index (κ3) is 3.10. The van der Waals surface area contributed by atoms with E-state index in [2.05, 4.69) is 0 Å². The summed E-state index contributed by atoms with van der Waals surface area (Å²) in [6.07, 6.45) is 2.38. The van der Waals surface area contributed by atoms with Gasteiger partial charge in [0.25, 0.3) is 0 Å². The molecule has 0 amide bonds. The number of halogens is 3. The van der Waals surface area contributed by atoms with Crippen molar-refractivity contribution in [2.45, 2.75) is 31.4 Å². The van der Waals surface area contributed by atoms with Gasteiger partial charge in [-0.3, -0.25) is 0 Å². The number of hydrogen-bond donors (Lipinski definition) is 2. The minimum atomic E-state index is -0.691.